The second kappa shape index (κ2) is 8.61. The molecular weight excluding hydrogens is 461 g/mol. The molecule has 0 N–H and O–H groups in total. The molecule has 2 saturated heterocycles. The quantitative estimate of drug-likeness (QED) is 0.454. The molecule has 0 radical (unpaired) electrons. The molecule has 0 spiro atoms. The number of rotatable bonds is 3. The van der Waals surface area contributed by atoms with Crippen LogP contribution in [0.25, 0.3) is 0 Å². The van der Waals surface area contributed by atoms with Crippen LogP contribution in [0.15, 0.2) is 28.4 Å². The van der Waals surface area contributed by atoms with E-state index in [2.05, 4.69) is 4.99 Å². The Balaban J connectivity index is 1.35. The van der Waals surface area contributed by atoms with Crippen LogP contribution >= 0.6 is 11.6 Å². The summed E-state index contributed by atoms with van der Waals surface area (Å²) < 4.78 is 47.1. The molecule has 1 aliphatic carbocycles. The number of alkyl halides is 4. The van der Waals surface area contributed by atoms with Crippen molar-refractivity contribution in [2.75, 3.05) is 26.2 Å². The maximum absolute atomic E-state index is 13.9. The zero-order chi connectivity index (χ0) is 23.3. The minimum atomic E-state index is -4.66. The standard InChI is InChI=1S/C22H26ClF3N4O3/c23-19-18(21(32)28-7-8-29(17(31)12-28)14-4-1-2-5-14)27-20-15(22(24,25)26)10-13(11-30(19)20)16-6-3-9-33-16/h10-11,14,16,18-19H,1-9,12H2. The summed E-state index contributed by atoms with van der Waals surface area (Å²) in [5, 5.41) is 0. The first-order valence-electron chi connectivity index (χ1n) is 11.4. The van der Waals surface area contributed by atoms with Crippen molar-refractivity contribution in [3.63, 3.8) is 0 Å². The Labute approximate surface area is 194 Å². The van der Waals surface area contributed by atoms with Gasteiger partial charge in [0.15, 0.2) is 6.04 Å². The van der Waals surface area contributed by atoms with Gasteiger partial charge < -0.3 is 19.4 Å². The van der Waals surface area contributed by atoms with Gasteiger partial charge in [0.2, 0.25) is 5.91 Å². The average Bonchev–Trinajstić information content (AvgIpc) is 3.54. The molecule has 2 amide bonds. The van der Waals surface area contributed by atoms with Crippen LogP contribution in [0.4, 0.5) is 13.2 Å². The molecule has 11 heteroatoms. The first-order chi connectivity index (χ1) is 15.7. The molecule has 180 valence electrons. The van der Waals surface area contributed by atoms with Gasteiger partial charge in [-0.2, -0.15) is 13.2 Å². The fourth-order valence-electron chi connectivity index (χ4n) is 5.36. The third-order valence-corrected chi connectivity index (χ3v) is 7.52. The average molecular weight is 487 g/mol. The van der Waals surface area contributed by atoms with Gasteiger partial charge in [0.25, 0.3) is 5.91 Å². The highest BCUT2D eigenvalue weighted by Gasteiger charge is 2.50. The number of hydrogen-bond donors (Lipinski definition) is 0. The molecule has 4 heterocycles. The Bertz CT molecular complexity index is 922. The van der Waals surface area contributed by atoms with Crippen LogP contribution in [-0.4, -0.2) is 88.5 Å². The van der Waals surface area contributed by atoms with Crippen LogP contribution in [-0.2, 0) is 14.3 Å². The summed E-state index contributed by atoms with van der Waals surface area (Å²) in [7, 11) is 0. The van der Waals surface area contributed by atoms with E-state index in [0.717, 1.165) is 38.2 Å². The van der Waals surface area contributed by atoms with E-state index >= 15 is 0 Å². The fraction of sp³-hybridized carbons (Fsp3) is 0.682. The second-order valence-electron chi connectivity index (χ2n) is 9.15. The number of aliphatic imine (C=N–C) groups is 1. The number of hydrogen-bond acceptors (Lipinski definition) is 5. The molecule has 3 fully saturated rings. The maximum atomic E-state index is 13.9. The smallest absolute Gasteiger partial charge is 0.373 e. The van der Waals surface area contributed by atoms with Crippen LogP contribution in [0, 0.1) is 0 Å². The maximum Gasteiger partial charge on any atom is 0.419 e. The molecule has 5 rings (SSSR count). The van der Waals surface area contributed by atoms with Crippen molar-refractivity contribution in [1.82, 2.24) is 14.7 Å². The highest BCUT2D eigenvalue weighted by molar-refractivity contribution is 6.26. The summed E-state index contributed by atoms with van der Waals surface area (Å²) >= 11 is 6.51. The number of fused-ring (bicyclic) bond motifs is 1. The molecule has 0 bridgehead atoms. The summed E-state index contributed by atoms with van der Waals surface area (Å²) in [5.41, 5.74) is -1.67. The largest absolute Gasteiger partial charge is 0.419 e. The number of amides is 2. The number of amidine groups is 1. The summed E-state index contributed by atoms with van der Waals surface area (Å²) in [4.78, 5) is 34.4. The van der Waals surface area contributed by atoms with Gasteiger partial charge in [-0.1, -0.05) is 24.4 Å². The molecule has 0 aromatic rings. The molecule has 5 aliphatic rings. The first-order valence-corrected chi connectivity index (χ1v) is 11.9. The topological polar surface area (TPSA) is 65.5 Å². The van der Waals surface area contributed by atoms with E-state index in [4.69, 9.17) is 16.3 Å². The van der Waals surface area contributed by atoms with E-state index in [1.165, 1.54) is 16.0 Å². The van der Waals surface area contributed by atoms with Gasteiger partial charge >= 0.3 is 6.18 Å². The summed E-state index contributed by atoms with van der Waals surface area (Å²) in [5.74, 6) is -1.02. The van der Waals surface area contributed by atoms with Crippen LogP contribution in [0.2, 0.25) is 0 Å². The lowest BCUT2D eigenvalue weighted by Gasteiger charge is -2.38. The Kier molecular flexibility index (Phi) is 5.93. The summed E-state index contributed by atoms with van der Waals surface area (Å²) in [6.45, 7) is 1.14. The minimum absolute atomic E-state index is 0.0980. The lowest BCUT2D eigenvalue weighted by atomic mass is 10.0. The van der Waals surface area contributed by atoms with Crippen molar-refractivity contribution < 1.29 is 27.5 Å². The predicted molar refractivity (Wildman–Crippen MR) is 114 cm³/mol. The Morgan fingerprint density at radius 2 is 1.91 bits per heavy atom. The molecule has 0 aromatic carbocycles. The monoisotopic (exact) mass is 486 g/mol. The zero-order valence-electron chi connectivity index (χ0n) is 18.1. The van der Waals surface area contributed by atoms with E-state index in [-0.39, 0.29) is 24.3 Å². The van der Waals surface area contributed by atoms with Crippen LogP contribution in [0.1, 0.15) is 38.5 Å². The Morgan fingerprint density at radius 1 is 1.15 bits per heavy atom. The third-order valence-electron chi connectivity index (χ3n) is 7.07. The van der Waals surface area contributed by atoms with Crippen molar-refractivity contribution in [3.8, 4) is 0 Å². The molecule has 7 nitrogen and oxygen atoms in total. The fourth-order valence-corrected chi connectivity index (χ4v) is 5.67. The molecule has 33 heavy (non-hydrogen) atoms. The van der Waals surface area contributed by atoms with E-state index < -0.39 is 35.3 Å². The van der Waals surface area contributed by atoms with E-state index in [1.54, 1.807) is 0 Å². The van der Waals surface area contributed by atoms with E-state index in [0.29, 0.717) is 31.7 Å². The van der Waals surface area contributed by atoms with Crippen LogP contribution in [0.3, 0.4) is 0 Å². The van der Waals surface area contributed by atoms with E-state index in [1.807, 2.05) is 4.90 Å². The number of piperazine rings is 1. The second-order valence-corrected chi connectivity index (χ2v) is 9.60. The lowest BCUT2D eigenvalue weighted by Crippen LogP contribution is -2.57. The van der Waals surface area contributed by atoms with Crippen molar-refractivity contribution in [3.05, 3.63) is 23.4 Å². The molecule has 3 atom stereocenters. The molecule has 4 aliphatic heterocycles. The first kappa shape index (κ1) is 22.7. The number of halogens is 4. The van der Waals surface area contributed by atoms with Crippen LogP contribution < -0.4 is 0 Å². The molecule has 1 saturated carbocycles. The summed E-state index contributed by atoms with van der Waals surface area (Å²) in [6, 6.07) is -1.00. The molecular formula is C22H26ClF3N4O3. The third kappa shape index (κ3) is 4.16. The van der Waals surface area contributed by atoms with Gasteiger partial charge in [-0.05, 0) is 37.3 Å². The number of nitrogens with zero attached hydrogens (tertiary/aromatic N) is 4. The zero-order valence-corrected chi connectivity index (χ0v) is 18.8. The van der Waals surface area contributed by atoms with Crippen molar-refractivity contribution in [1.29, 1.82) is 0 Å². The highest BCUT2D eigenvalue weighted by atomic mass is 35.5. The Morgan fingerprint density at radius 3 is 2.55 bits per heavy atom. The Hall–Kier alpha value is -2.07. The number of carbonyl (C=O) groups excluding carboxylic acids is 2. The van der Waals surface area contributed by atoms with Gasteiger partial charge in [0.05, 0.1) is 18.2 Å². The minimum Gasteiger partial charge on any atom is -0.373 e. The van der Waals surface area contributed by atoms with Crippen molar-refractivity contribution in [2.45, 2.75) is 68.4 Å². The predicted octanol–water partition coefficient (Wildman–Crippen LogP) is 2.81. The van der Waals surface area contributed by atoms with Gasteiger partial charge in [0, 0.05) is 31.9 Å². The van der Waals surface area contributed by atoms with Gasteiger partial charge in [-0.3, -0.25) is 14.6 Å². The van der Waals surface area contributed by atoms with Crippen molar-refractivity contribution in [2.24, 2.45) is 4.99 Å². The lowest BCUT2D eigenvalue weighted by molar-refractivity contribution is -0.147. The highest BCUT2D eigenvalue weighted by Crippen LogP contribution is 2.39. The number of ether oxygens (including phenoxy) is 1. The number of carbonyl (C=O) groups is 2. The summed E-state index contributed by atoms with van der Waals surface area (Å²) in [6.07, 6.45) is 2.98. The normalized spacial score (nSPS) is 31.0. The van der Waals surface area contributed by atoms with Gasteiger partial charge in [-0.25, -0.2) is 0 Å². The molecule has 0 aromatic heterocycles. The van der Waals surface area contributed by atoms with Gasteiger partial charge in [0.1, 0.15) is 11.3 Å². The van der Waals surface area contributed by atoms with Crippen LogP contribution in [0.5, 0.6) is 0 Å². The molecule has 3 unspecified atom stereocenters. The SMILES string of the molecule is O=C(C1N=C2C(C(F)(F)F)=CC(C3CCCO3)=CN2C1Cl)N1CCN(C2CCCC2)C(=O)C1. The van der Waals surface area contributed by atoms with E-state index in [9.17, 15) is 22.8 Å². The van der Waals surface area contributed by atoms with Gasteiger partial charge in [-0.15, -0.1) is 0 Å². The van der Waals surface area contributed by atoms with Crippen molar-refractivity contribution >= 4 is 29.3 Å².